The SMILES string of the molecule is C=CCCCCCCCCC(=O)NCC[N+](C)(C)CC.[Br-]. The number of carbonyl (C=O) groups excluding carboxylic acids is 1. The molecule has 0 aromatic carbocycles. The van der Waals surface area contributed by atoms with Crippen LogP contribution in [0.2, 0.25) is 0 Å². The number of nitrogens with zero attached hydrogens (tertiary/aromatic N) is 1. The molecule has 1 amide bonds. The molecule has 0 saturated heterocycles. The average molecular weight is 363 g/mol. The fourth-order valence-electron chi connectivity index (χ4n) is 2.03. The number of carbonyl (C=O) groups is 1. The van der Waals surface area contributed by atoms with E-state index in [-0.39, 0.29) is 22.9 Å². The minimum atomic E-state index is 0. The molecular formula is C17H35BrN2O. The lowest BCUT2D eigenvalue weighted by molar-refractivity contribution is -0.887. The second-order valence-electron chi connectivity index (χ2n) is 6.27. The van der Waals surface area contributed by atoms with Gasteiger partial charge in [-0.3, -0.25) is 4.79 Å². The molecule has 0 bridgehead atoms. The maximum Gasteiger partial charge on any atom is 0.220 e. The highest BCUT2D eigenvalue weighted by atomic mass is 79.9. The van der Waals surface area contributed by atoms with Gasteiger partial charge in [0.25, 0.3) is 0 Å². The van der Waals surface area contributed by atoms with Gasteiger partial charge in [0.05, 0.1) is 33.7 Å². The molecular weight excluding hydrogens is 328 g/mol. The van der Waals surface area contributed by atoms with Crippen LogP contribution in [-0.4, -0.2) is 44.1 Å². The number of rotatable bonds is 13. The first kappa shape index (κ1) is 22.9. The molecule has 0 fully saturated rings. The number of nitrogens with one attached hydrogen (secondary N) is 1. The molecule has 0 aliphatic rings. The molecule has 0 aliphatic carbocycles. The molecule has 0 atom stereocenters. The van der Waals surface area contributed by atoms with Crippen LogP contribution >= 0.6 is 0 Å². The summed E-state index contributed by atoms with van der Waals surface area (Å²) in [5.74, 6) is 0.216. The molecule has 4 heteroatoms. The molecule has 0 saturated carbocycles. The van der Waals surface area contributed by atoms with E-state index in [2.05, 4.69) is 32.9 Å². The van der Waals surface area contributed by atoms with Gasteiger partial charge in [-0.05, 0) is 26.2 Å². The fraction of sp³-hybridized carbons (Fsp3) is 0.824. The van der Waals surface area contributed by atoms with Crippen molar-refractivity contribution < 1.29 is 26.3 Å². The Morgan fingerprint density at radius 2 is 1.67 bits per heavy atom. The highest BCUT2D eigenvalue weighted by molar-refractivity contribution is 5.75. The third kappa shape index (κ3) is 15.9. The second kappa shape index (κ2) is 14.6. The molecule has 0 spiro atoms. The molecule has 0 aromatic rings. The summed E-state index contributed by atoms with van der Waals surface area (Å²) in [5.41, 5.74) is 0. The summed E-state index contributed by atoms with van der Waals surface area (Å²) in [6.07, 6.45) is 11.1. The Bertz CT molecular complexity index is 268. The molecule has 21 heavy (non-hydrogen) atoms. The van der Waals surface area contributed by atoms with E-state index in [9.17, 15) is 4.79 Å². The maximum absolute atomic E-state index is 11.7. The van der Waals surface area contributed by atoms with E-state index in [4.69, 9.17) is 0 Å². The van der Waals surface area contributed by atoms with Gasteiger partial charge in [0.1, 0.15) is 0 Å². The van der Waals surface area contributed by atoms with Crippen molar-refractivity contribution in [2.45, 2.75) is 58.3 Å². The molecule has 0 aromatic heterocycles. The number of halogens is 1. The zero-order valence-corrected chi connectivity index (χ0v) is 15.9. The van der Waals surface area contributed by atoms with Crippen LogP contribution in [0.15, 0.2) is 12.7 Å². The molecule has 0 radical (unpaired) electrons. The molecule has 1 N–H and O–H groups in total. The normalized spacial score (nSPS) is 10.8. The van der Waals surface area contributed by atoms with E-state index in [0.29, 0.717) is 6.42 Å². The summed E-state index contributed by atoms with van der Waals surface area (Å²) < 4.78 is 0.963. The largest absolute Gasteiger partial charge is 1.00 e. The number of likely N-dealkylation sites (N-methyl/N-ethyl adjacent to an activating group) is 1. The standard InChI is InChI=1S/C17H34N2O.BrH/c1-5-7-8-9-10-11-12-13-14-17(20)18-15-16-19(3,4)6-2;/h5H,1,6-16H2,2-4H3;1H. The summed E-state index contributed by atoms with van der Waals surface area (Å²) >= 11 is 0. The molecule has 0 aliphatic heterocycles. The average Bonchev–Trinajstić information content (AvgIpc) is 2.41. The minimum absolute atomic E-state index is 0. The lowest BCUT2D eigenvalue weighted by Crippen LogP contribution is -3.00. The van der Waals surface area contributed by atoms with Crippen LogP contribution in [0, 0.1) is 0 Å². The van der Waals surface area contributed by atoms with Gasteiger partial charge >= 0.3 is 0 Å². The second-order valence-corrected chi connectivity index (χ2v) is 6.27. The van der Waals surface area contributed by atoms with E-state index in [1.54, 1.807) is 0 Å². The lowest BCUT2D eigenvalue weighted by atomic mass is 10.1. The summed E-state index contributed by atoms with van der Waals surface area (Å²) in [4.78, 5) is 11.7. The van der Waals surface area contributed by atoms with Gasteiger partial charge in [0, 0.05) is 6.42 Å². The maximum atomic E-state index is 11.7. The van der Waals surface area contributed by atoms with Crippen molar-refractivity contribution in [1.29, 1.82) is 0 Å². The van der Waals surface area contributed by atoms with Crippen LogP contribution in [0.4, 0.5) is 0 Å². The van der Waals surface area contributed by atoms with Crippen LogP contribution in [-0.2, 0) is 4.79 Å². The summed E-state index contributed by atoms with van der Waals surface area (Å²) in [7, 11) is 4.39. The van der Waals surface area contributed by atoms with Crippen molar-refractivity contribution in [2.75, 3.05) is 33.7 Å². The molecule has 3 nitrogen and oxygen atoms in total. The van der Waals surface area contributed by atoms with Gasteiger partial charge in [-0.25, -0.2) is 0 Å². The summed E-state index contributed by atoms with van der Waals surface area (Å²) in [5, 5.41) is 3.03. The zero-order chi connectivity index (χ0) is 15.3. The third-order valence-electron chi connectivity index (χ3n) is 3.96. The van der Waals surface area contributed by atoms with E-state index >= 15 is 0 Å². The van der Waals surface area contributed by atoms with E-state index in [1.807, 2.05) is 6.08 Å². The Labute approximate surface area is 142 Å². The van der Waals surface area contributed by atoms with Crippen LogP contribution in [0.1, 0.15) is 58.3 Å². The molecule has 0 heterocycles. The number of unbranched alkanes of at least 4 members (excludes halogenated alkanes) is 6. The lowest BCUT2D eigenvalue weighted by Gasteiger charge is -2.28. The fourth-order valence-corrected chi connectivity index (χ4v) is 2.03. The predicted molar refractivity (Wildman–Crippen MR) is 87.7 cm³/mol. The van der Waals surface area contributed by atoms with Crippen LogP contribution in [0.25, 0.3) is 0 Å². The predicted octanol–water partition coefficient (Wildman–Crippen LogP) is 0.510. The molecule has 0 unspecified atom stereocenters. The van der Waals surface area contributed by atoms with Crippen molar-refractivity contribution in [3.8, 4) is 0 Å². The molecule has 126 valence electrons. The Hall–Kier alpha value is -0.350. The Kier molecular flexibility index (Phi) is 15.9. The summed E-state index contributed by atoms with van der Waals surface area (Å²) in [6.45, 7) is 8.80. The van der Waals surface area contributed by atoms with Crippen LogP contribution in [0.5, 0.6) is 0 Å². The smallest absolute Gasteiger partial charge is 0.220 e. The molecule has 0 rings (SSSR count). The first-order valence-corrected chi connectivity index (χ1v) is 8.21. The number of amides is 1. The highest BCUT2D eigenvalue weighted by Crippen LogP contribution is 2.08. The summed E-state index contributed by atoms with van der Waals surface area (Å²) in [6, 6.07) is 0. The quantitative estimate of drug-likeness (QED) is 0.288. The first-order valence-electron chi connectivity index (χ1n) is 8.21. The zero-order valence-electron chi connectivity index (χ0n) is 14.3. The Morgan fingerprint density at radius 3 is 2.24 bits per heavy atom. The Balaban J connectivity index is 0. The van der Waals surface area contributed by atoms with Crippen molar-refractivity contribution in [3.05, 3.63) is 12.7 Å². The van der Waals surface area contributed by atoms with Gasteiger partial charge < -0.3 is 26.8 Å². The monoisotopic (exact) mass is 362 g/mol. The minimum Gasteiger partial charge on any atom is -1.00 e. The number of hydrogen-bond donors (Lipinski definition) is 1. The number of quaternary nitrogens is 1. The van der Waals surface area contributed by atoms with E-state index in [1.165, 1.54) is 32.1 Å². The van der Waals surface area contributed by atoms with Crippen molar-refractivity contribution in [3.63, 3.8) is 0 Å². The van der Waals surface area contributed by atoms with Crippen LogP contribution < -0.4 is 22.3 Å². The van der Waals surface area contributed by atoms with Crippen molar-refractivity contribution in [1.82, 2.24) is 5.32 Å². The van der Waals surface area contributed by atoms with Gasteiger partial charge in [0.2, 0.25) is 5.91 Å². The first-order chi connectivity index (χ1) is 9.52. The Morgan fingerprint density at radius 1 is 1.10 bits per heavy atom. The number of hydrogen-bond acceptors (Lipinski definition) is 1. The van der Waals surface area contributed by atoms with Crippen molar-refractivity contribution in [2.24, 2.45) is 0 Å². The van der Waals surface area contributed by atoms with Gasteiger partial charge in [-0.15, -0.1) is 6.58 Å². The number of allylic oxidation sites excluding steroid dienone is 1. The highest BCUT2D eigenvalue weighted by Gasteiger charge is 2.11. The topological polar surface area (TPSA) is 29.1 Å². The van der Waals surface area contributed by atoms with Gasteiger partial charge in [-0.1, -0.05) is 31.8 Å². The van der Waals surface area contributed by atoms with Crippen LogP contribution in [0.3, 0.4) is 0 Å². The van der Waals surface area contributed by atoms with Crippen molar-refractivity contribution >= 4 is 5.91 Å². The van der Waals surface area contributed by atoms with E-state index < -0.39 is 0 Å². The van der Waals surface area contributed by atoms with Gasteiger partial charge in [0.15, 0.2) is 0 Å². The van der Waals surface area contributed by atoms with Gasteiger partial charge in [-0.2, -0.15) is 0 Å². The van der Waals surface area contributed by atoms with E-state index in [0.717, 1.165) is 37.0 Å². The third-order valence-corrected chi connectivity index (χ3v) is 3.96.